The Hall–Kier alpha value is -1.82. The van der Waals surface area contributed by atoms with Crippen molar-refractivity contribution in [2.45, 2.75) is 12.8 Å². The van der Waals surface area contributed by atoms with Gasteiger partial charge in [0, 0.05) is 11.6 Å². The van der Waals surface area contributed by atoms with E-state index in [1.165, 1.54) is 19.1 Å². The van der Waals surface area contributed by atoms with Crippen LogP contribution in [0.4, 0.5) is 0 Å². The third-order valence-electron chi connectivity index (χ3n) is 2.32. The number of hydrogen-bond acceptors (Lipinski definition) is 5. The molecule has 0 aliphatic heterocycles. The lowest BCUT2D eigenvalue weighted by atomic mass is 10.0. The number of rotatable bonds is 2. The standard InChI is InChI=1S/C10H8O5S/c1-4(9(12)13)5-2-7-8(3-6(5)11)16-10(14)15-7/h2-4,11H,1H3,(H,12,13). The van der Waals surface area contributed by atoms with E-state index in [-0.39, 0.29) is 11.3 Å². The zero-order chi connectivity index (χ0) is 11.9. The fraction of sp³-hybridized carbons (Fsp3) is 0.200. The van der Waals surface area contributed by atoms with Crippen molar-refractivity contribution in [2.24, 2.45) is 0 Å². The molecule has 1 aromatic carbocycles. The zero-order valence-electron chi connectivity index (χ0n) is 8.26. The molecule has 0 aliphatic carbocycles. The van der Waals surface area contributed by atoms with Crippen molar-refractivity contribution in [3.63, 3.8) is 0 Å². The number of fused-ring (bicyclic) bond motifs is 1. The highest BCUT2D eigenvalue weighted by atomic mass is 32.1. The Kier molecular flexibility index (Phi) is 2.43. The lowest BCUT2D eigenvalue weighted by molar-refractivity contribution is -0.138. The Bertz CT molecular complexity index is 609. The second-order valence-electron chi connectivity index (χ2n) is 3.37. The topological polar surface area (TPSA) is 87.7 Å². The molecule has 0 saturated heterocycles. The first kappa shape index (κ1) is 10.7. The summed E-state index contributed by atoms with van der Waals surface area (Å²) in [6.07, 6.45) is 0. The van der Waals surface area contributed by atoms with Crippen LogP contribution in [0.3, 0.4) is 0 Å². The molecule has 0 saturated carbocycles. The molecule has 2 rings (SSSR count). The lowest BCUT2D eigenvalue weighted by Gasteiger charge is -2.08. The second kappa shape index (κ2) is 3.64. The van der Waals surface area contributed by atoms with Gasteiger partial charge in [-0.1, -0.05) is 11.3 Å². The summed E-state index contributed by atoms with van der Waals surface area (Å²) in [6.45, 7) is 1.45. The molecule has 0 spiro atoms. The van der Waals surface area contributed by atoms with Crippen LogP contribution in [0.5, 0.6) is 5.75 Å². The predicted molar refractivity (Wildman–Crippen MR) is 58.1 cm³/mol. The van der Waals surface area contributed by atoms with Crippen LogP contribution in [0.15, 0.2) is 21.3 Å². The molecule has 5 nitrogen and oxygen atoms in total. The van der Waals surface area contributed by atoms with E-state index < -0.39 is 16.8 Å². The summed E-state index contributed by atoms with van der Waals surface area (Å²) in [5.41, 5.74) is 0.539. The van der Waals surface area contributed by atoms with E-state index in [2.05, 4.69) is 0 Å². The highest BCUT2D eigenvalue weighted by molar-refractivity contribution is 7.16. The van der Waals surface area contributed by atoms with Crippen molar-refractivity contribution in [3.8, 4) is 5.75 Å². The van der Waals surface area contributed by atoms with Crippen molar-refractivity contribution < 1.29 is 19.4 Å². The van der Waals surface area contributed by atoms with Gasteiger partial charge in [0.15, 0.2) is 0 Å². The van der Waals surface area contributed by atoms with Crippen LogP contribution >= 0.6 is 11.3 Å². The van der Waals surface area contributed by atoms with E-state index in [0.717, 1.165) is 11.3 Å². The number of carboxylic acids is 1. The molecular formula is C10H8O5S. The van der Waals surface area contributed by atoms with Gasteiger partial charge in [0.2, 0.25) is 0 Å². The maximum Gasteiger partial charge on any atom is 0.396 e. The molecular weight excluding hydrogens is 232 g/mol. The van der Waals surface area contributed by atoms with Crippen LogP contribution in [0, 0.1) is 0 Å². The number of phenolic OH excluding ortho intramolecular Hbond substituents is 1. The highest BCUT2D eigenvalue weighted by Crippen LogP contribution is 2.31. The number of phenols is 1. The summed E-state index contributed by atoms with van der Waals surface area (Å²) in [6, 6.07) is 2.74. The summed E-state index contributed by atoms with van der Waals surface area (Å²) in [4.78, 5) is 21.3. The minimum atomic E-state index is -1.05. The molecule has 1 aromatic heterocycles. The smallest absolute Gasteiger partial charge is 0.396 e. The summed E-state index contributed by atoms with van der Waals surface area (Å²) < 4.78 is 5.36. The Labute approximate surface area is 93.6 Å². The van der Waals surface area contributed by atoms with E-state index in [1.54, 1.807) is 0 Å². The minimum Gasteiger partial charge on any atom is -0.508 e. The minimum absolute atomic E-state index is 0.139. The van der Waals surface area contributed by atoms with Crippen LogP contribution in [0.25, 0.3) is 10.3 Å². The second-order valence-corrected chi connectivity index (χ2v) is 4.35. The molecule has 1 heterocycles. The molecule has 0 aliphatic rings. The van der Waals surface area contributed by atoms with Crippen molar-refractivity contribution in [3.05, 3.63) is 27.4 Å². The van der Waals surface area contributed by atoms with Gasteiger partial charge in [-0.2, -0.15) is 0 Å². The molecule has 0 bridgehead atoms. The third-order valence-corrected chi connectivity index (χ3v) is 3.11. The van der Waals surface area contributed by atoms with Crippen molar-refractivity contribution in [1.82, 2.24) is 0 Å². The maximum atomic E-state index is 11.0. The van der Waals surface area contributed by atoms with Crippen LogP contribution in [0.1, 0.15) is 18.4 Å². The van der Waals surface area contributed by atoms with Gasteiger partial charge in [-0.15, -0.1) is 0 Å². The summed E-state index contributed by atoms with van der Waals surface area (Å²) in [5.74, 6) is -2.04. The van der Waals surface area contributed by atoms with Crippen molar-refractivity contribution in [2.75, 3.05) is 0 Å². The van der Waals surface area contributed by atoms with Gasteiger partial charge in [-0.05, 0) is 13.0 Å². The molecule has 0 fully saturated rings. The average molecular weight is 240 g/mol. The lowest BCUT2D eigenvalue weighted by Crippen LogP contribution is -2.07. The number of aliphatic carboxylic acids is 1. The van der Waals surface area contributed by atoms with Crippen LogP contribution < -0.4 is 4.94 Å². The number of carboxylic acid groups (broad SMARTS) is 1. The van der Waals surface area contributed by atoms with Crippen LogP contribution in [0.2, 0.25) is 0 Å². The van der Waals surface area contributed by atoms with Gasteiger partial charge >= 0.3 is 10.9 Å². The molecule has 1 atom stereocenters. The Morgan fingerprint density at radius 3 is 2.81 bits per heavy atom. The summed E-state index contributed by atoms with van der Waals surface area (Å²) in [7, 11) is 0. The zero-order valence-corrected chi connectivity index (χ0v) is 9.08. The molecule has 2 aromatic rings. The van der Waals surface area contributed by atoms with Crippen molar-refractivity contribution in [1.29, 1.82) is 0 Å². The first-order valence-electron chi connectivity index (χ1n) is 4.48. The molecule has 0 amide bonds. The monoisotopic (exact) mass is 240 g/mol. The van der Waals surface area contributed by atoms with Gasteiger partial charge in [0.25, 0.3) is 0 Å². The Morgan fingerprint density at radius 1 is 1.50 bits per heavy atom. The van der Waals surface area contributed by atoms with Gasteiger partial charge in [-0.3, -0.25) is 4.79 Å². The number of benzene rings is 1. The molecule has 84 valence electrons. The maximum absolute atomic E-state index is 11.0. The quantitative estimate of drug-likeness (QED) is 0.834. The van der Waals surface area contributed by atoms with Gasteiger partial charge in [-0.25, -0.2) is 4.79 Å². The average Bonchev–Trinajstić information content (AvgIpc) is 2.54. The third kappa shape index (κ3) is 1.67. The normalized spacial score (nSPS) is 12.8. The molecule has 6 heteroatoms. The SMILES string of the molecule is CC(C(=O)O)c1cc2oc(=O)sc2cc1O. The first-order valence-corrected chi connectivity index (χ1v) is 5.30. The van der Waals surface area contributed by atoms with Crippen molar-refractivity contribution >= 4 is 27.6 Å². The first-order chi connectivity index (χ1) is 7.49. The van der Waals surface area contributed by atoms with E-state index >= 15 is 0 Å². The highest BCUT2D eigenvalue weighted by Gasteiger charge is 2.19. The summed E-state index contributed by atoms with van der Waals surface area (Å²) >= 11 is 0.865. The van der Waals surface area contributed by atoms with E-state index in [1.807, 2.05) is 0 Å². The molecule has 1 unspecified atom stereocenters. The number of aromatic hydroxyl groups is 1. The van der Waals surface area contributed by atoms with Gasteiger partial charge < -0.3 is 14.6 Å². The fourth-order valence-electron chi connectivity index (χ4n) is 1.40. The van der Waals surface area contributed by atoms with Crippen LogP contribution in [-0.2, 0) is 4.79 Å². The predicted octanol–water partition coefficient (Wildman–Crippen LogP) is 1.75. The fourth-order valence-corrected chi connectivity index (χ4v) is 2.09. The largest absolute Gasteiger partial charge is 0.508 e. The van der Waals surface area contributed by atoms with E-state index in [4.69, 9.17) is 9.52 Å². The summed E-state index contributed by atoms with van der Waals surface area (Å²) in [5, 5.41) is 18.5. The molecule has 2 N–H and O–H groups in total. The number of carbonyl (C=O) groups is 1. The molecule has 0 radical (unpaired) electrons. The van der Waals surface area contributed by atoms with Gasteiger partial charge in [0.05, 0.1) is 10.6 Å². The molecule has 16 heavy (non-hydrogen) atoms. The van der Waals surface area contributed by atoms with Gasteiger partial charge in [0.1, 0.15) is 11.3 Å². The Morgan fingerprint density at radius 2 is 2.19 bits per heavy atom. The number of hydrogen-bond donors (Lipinski definition) is 2. The van der Waals surface area contributed by atoms with E-state index in [9.17, 15) is 14.7 Å². The van der Waals surface area contributed by atoms with Crippen LogP contribution in [-0.4, -0.2) is 16.2 Å². The Balaban J connectivity index is 2.66. The van der Waals surface area contributed by atoms with E-state index in [0.29, 0.717) is 10.3 Å².